The standard InChI is InChI=1S/C22H26N2O6S/c1-28-17-12-15(22(27)30-14-20(25)24-9-5-3-4-6-10-24)16(13-18(17)29-2)23-21(26)19-8-7-11-31-19/h7-8,11-13H,3-6,9-10,14H2,1-2H3,(H,23,26). The van der Waals surface area contributed by atoms with E-state index >= 15 is 0 Å². The number of esters is 1. The van der Waals surface area contributed by atoms with Crippen LogP contribution < -0.4 is 14.8 Å². The number of hydrogen-bond acceptors (Lipinski definition) is 7. The van der Waals surface area contributed by atoms with Crippen molar-refractivity contribution >= 4 is 34.8 Å². The number of ether oxygens (including phenoxy) is 3. The Labute approximate surface area is 185 Å². The highest BCUT2D eigenvalue weighted by atomic mass is 32.1. The van der Waals surface area contributed by atoms with Crippen LogP contribution in [0.4, 0.5) is 5.69 Å². The minimum atomic E-state index is -0.731. The number of likely N-dealkylation sites (tertiary alicyclic amines) is 1. The molecule has 9 heteroatoms. The van der Waals surface area contributed by atoms with E-state index in [-0.39, 0.29) is 29.7 Å². The van der Waals surface area contributed by atoms with Crippen LogP contribution >= 0.6 is 11.3 Å². The van der Waals surface area contributed by atoms with Crippen LogP contribution in [0, 0.1) is 0 Å². The van der Waals surface area contributed by atoms with Gasteiger partial charge in [-0.15, -0.1) is 11.3 Å². The summed E-state index contributed by atoms with van der Waals surface area (Å²) < 4.78 is 15.9. The maximum atomic E-state index is 12.8. The van der Waals surface area contributed by atoms with Crippen LogP contribution in [0.1, 0.15) is 45.7 Å². The molecule has 0 unspecified atom stereocenters. The van der Waals surface area contributed by atoms with E-state index < -0.39 is 5.97 Å². The zero-order chi connectivity index (χ0) is 22.2. The number of carbonyl (C=O) groups is 3. The van der Waals surface area contributed by atoms with Crippen LogP contribution in [-0.4, -0.2) is 56.6 Å². The number of carbonyl (C=O) groups excluding carboxylic acids is 3. The molecule has 1 N–H and O–H groups in total. The fraction of sp³-hybridized carbons (Fsp3) is 0.409. The van der Waals surface area contributed by atoms with E-state index in [1.165, 1.54) is 37.7 Å². The van der Waals surface area contributed by atoms with Crippen LogP contribution in [0.25, 0.3) is 0 Å². The van der Waals surface area contributed by atoms with Gasteiger partial charge in [-0.05, 0) is 24.3 Å². The van der Waals surface area contributed by atoms with Crippen molar-refractivity contribution < 1.29 is 28.6 Å². The predicted molar refractivity (Wildman–Crippen MR) is 117 cm³/mol. The van der Waals surface area contributed by atoms with Crippen LogP contribution in [0.15, 0.2) is 29.6 Å². The first-order chi connectivity index (χ1) is 15.0. The second kappa shape index (κ2) is 10.8. The van der Waals surface area contributed by atoms with Gasteiger partial charge in [-0.2, -0.15) is 0 Å². The van der Waals surface area contributed by atoms with Crippen LogP contribution in [0.3, 0.4) is 0 Å². The highest BCUT2D eigenvalue weighted by molar-refractivity contribution is 7.12. The van der Waals surface area contributed by atoms with Gasteiger partial charge in [0.25, 0.3) is 11.8 Å². The Morgan fingerprint density at radius 2 is 1.71 bits per heavy atom. The number of thiophene rings is 1. The Morgan fingerprint density at radius 3 is 2.32 bits per heavy atom. The fourth-order valence-corrected chi connectivity index (χ4v) is 3.98. The summed E-state index contributed by atoms with van der Waals surface area (Å²) in [5.74, 6) is -0.661. The van der Waals surface area contributed by atoms with Gasteiger partial charge in [0, 0.05) is 25.2 Å². The summed E-state index contributed by atoms with van der Waals surface area (Å²) in [4.78, 5) is 40.0. The lowest BCUT2D eigenvalue weighted by atomic mass is 10.1. The lowest BCUT2D eigenvalue weighted by Gasteiger charge is -2.20. The second-order valence-electron chi connectivity index (χ2n) is 7.06. The first-order valence-electron chi connectivity index (χ1n) is 10.1. The average molecular weight is 447 g/mol. The highest BCUT2D eigenvalue weighted by Crippen LogP contribution is 2.34. The van der Waals surface area contributed by atoms with Gasteiger partial charge in [0.15, 0.2) is 18.1 Å². The van der Waals surface area contributed by atoms with Crippen LogP contribution in [0.5, 0.6) is 11.5 Å². The molecule has 1 saturated heterocycles. The molecule has 1 aliphatic heterocycles. The van der Waals surface area contributed by atoms with Gasteiger partial charge in [0.2, 0.25) is 0 Å². The molecular formula is C22H26N2O6S. The molecule has 0 spiro atoms. The van der Waals surface area contributed by atoms with Crippen LogP contribution in [0.2, 0.25) is 0 Å². The number of amides is 2. The minimum Gasteiger partial charge on any atom is -0.493 e. The van der Waals surface area contributed by atoms with Crippen molar-refractivity contribution in [3.63, 3.8) is 0 Å². The topological polar surface area (TPSA) is 94.2 Å². The zero-order valence-electron chi connectivity index (χ0n) is 17.6. The van der Waals surface area contributed by atoms with E-state index in [2.05, 4.69) is 5.32 Å². The molecule has 0 aliphatic carbocycles. The van der Waals surface area contributed by atoms with Gasteiger partial charge in [-0.3, -0.25) is 9.59 Å². The smallest absolute Gasteiger partial charge is 0.340 e. The third kappa shape index (κ3) is 5.75. The molecule has 1 aromatic heterocycles. The largest absolute Gasteiger partial charge is 0.493 e. The number of benzene rings is 1. The summed E-state index contributed by atoms with van der Waals surface area (Å²) >= 11 is 1.28. The maximum Gasteiger partial charge on any atom is 0.340 e. The van der Waals surface area contributed by atoms with Crippen molar-refractivity contribution in [2.24, 2.45) is 0 Å². The molecule has 166 valence electrons. The first kappa shape index (κ1) is 22.6. The fourth-order valence-electron chi connectivity index (χ4n) is 3.36. The lowest BCUT2D eigenvalue weighted by molar-refractivity contribution is -0.134. The van der Waals surface area contributed by atoms with Crippen molar-refractivity contribution in [1.29, 1.82) is 0 Å². The summed E-state index contributed by atoms with van der Waals surface area (Å²) in [7, 11) is 2.90. The van der Waals surface area contributed by atoms with Gasteiger partial charge in [-0.25, -0.2) is 4.79 Å². The molecule has 1 fully saturated rings. The maximum absolute atomic E-state index is 12.8. The molecule has 3 rings (SSSR count). The molecule has 2 aromatic rings. The summed E-state index contributed by atoms with van der Waals surface area (Å²) in [6.07, 6.45) is 4.10. The predicted octanol–water partition coefficient (Wildman–Crippen LogP) is 3.58. The molecule has 2 heterocycles. The third-order valence-corrected chi connectivity index (χ3v) is 5.89. The minimum absolute atomic E-state index is 0.0752. The molecule has 2 amide bonds. The summed E-state index contributed by atoms with van der Waals surface area (Å²) in [6, 6.07) is 6.37. The average Bonchev–Trinajstić information content (AvgIpc) is 3.19. The molecule has 0 saturated carbocycles. The van der Waals surface area contributed by atoms with Crippen molar-refractivity contribution in [1.82, 2.24) is 4.90 Å². The third-order valence-electron chi connectivity index (χ3n) is 5.02. The van der Waals surface area contributed by atoms with E-state index in [4.69, 9.17) is 14.2 Å². The van der Waals surface area contributed by atoms with E-state index in [0.29, 0.717) is 29.5 Å². The summed E-state index contributed by atoms with van der Waals surface area (Å²) in [5, 5.41) is 4.50. The quantitative estimate of drug-likeness (QED) is 0.654. The Hall–Kier alpha value is -3.07. The normalized spacial score (nSPS) is 13.8. The molecule has 31 heavy (non-hydrogen) atoms. The monoisotopic (exact) mass is 446 g/mol. The van der Waals surface area contributed by atoms with Crippen molar-refractivity contribution in [3.8, 4) is 11.5 Å². The van der Waals surface area contributed by atoms with E-state index in [0.717, 1.165) is 25.7 Å². The first-order valence-corrected chi connectivity index (χ1v) is 11.0. The molecular weight excluding hydrogens is 420 g/mol. The summed E-state index contributed by atoms with van der Waals surface area (Å²) in [6.45, 7) is 0.995. The van der Waals surface area contributed by atoms with Gasteiger partial charge in [-0.1, -0.05) is 18.9 Å². The molecule has 1 aromatic carbocycles. The van der Waals surface area contributed by atoms with E-state index in [9.17, 15) is 14.4 Å². The van der Waals surface area contributed by atoms with Gasteiger partial charge < -0.3 is 24.4 Å². The van der Waals surface area contributed by atoms with E-state index in [1.807, 2.05) is 0 Å². The lowest BCUT2D eigenvalue weighted by Crippen LogP contribution is -2.35. The van der Waals surface area contributed by atoms with E-state index in [1.54, 1.807) is 22.4 Å². The number of nitrogens with one attached hydrogen (secondary N) is 1. The Bertz CT molecular complexity index is 920. The number of nitrogens with zero attached hydrogens (tertiary/aromatic N) is 1. The molecule has 0 radical (unpaired) electrons. The Kier molecular flexibility index (Phi) is 7.88. The number of anilines is 1. The van der Waals surface area contributed by atoms with Gasteiger partial charge in [0.05, 0.1) is 30.3 Å². The van der Waals surface area contributed by atoms with Gasteiger partial charge in [0.1, 0.15) is 0 Å². The van der Waals surface area contributed by atoms with Crippen molar-refractivity contribution in [2.75, 3.05) is 39.2 Å². The Balaban J connectivity index is 1.77. The molecule has 8 nitrogen and oxygen atoms in total. The Morgan fingerprint density at radius 1 is 1.03 bits per heavy atom. The molecule has 0 atom stereocenters. The summed E-state index contributed by atoms with van der Waals surface area (Å²) in [5.41, 5.74) is 0.287. The molecule has 1 aliphatic rings. The second-order valence-corrected chi connectivity index (χ2v) is 8.00. The number of methoxy groups -OCH3 is 2. The highest BCUT2D eigenvalue weighted by Gasteiger charge is 2.23. The number of rotatable bonds is 7. The van der Waals surface area contributed by atoms with Crippen molar-refractivity contribution in [2.45, 2.75) is 25.7 Å². The van der Waals surface area contributed by atoms with Gasteiger partial charge >= 0.3 is 5.97 Å². The van der Waals surface area contributed by atoms with Crippen molar-refractivity contribution in [3.05, 3.63) is 40.1 Å². The number of hydrogen-bond donors (Lipinski definition) is 1. The van der Waals surface area contributed by atoms with Crippen LogP contribution in [-0.2, 0) is 9.53 Å². The zero-order valence-corrected chi connectivity index (χ0v) is 18.5. The molecule has 0 bridgehead atoms. The SMILES string of the molecule is COc1cc(NC(=O)c2cccs2)c(C(=O)OCC(=O)N2CCCCCC2)cc1OC.